The van der Waals surface area contributed by atoms with E-state index < -0.39 is 12.1 Å². The predicted octanol–water partition coefficient (Wildman–Crippen LogP) is -0.0405. The summed E-state index contributed by atoms with van der Waals surface area (Å²) in [4.78, 5) is 25.1. The number of rotatable bonds is 2. The number of carbonyl (C=O) groups excluding carboxylic acids is 2. The van der Waals surface area contributed by atoms with Crippen LogP contribution in [0.4, 0.5) is 9.59 Å². The molecule has 14 heavy (non-hydrogen) atoms. The Balaban J connectivity index is 2.34. The average Bonchev–Trinajstić information content (AvgIpc) is 2.15. The van der Waals surface area contributed by atoms with Crippen LogP contribution in [0.1, 0.15) is 5.69 Å². The molecule has 6 nitrogen and oxygen atoms in total. The fraction of sp³-hybridized carbons (Fsp3) is 0.125. The summed E-state index contributed by atoms with van der Waals surface area (Å²) < 4.78 is 0. The van der Waals surface area contributed by atoms with Crippen molar-refractivity contribution in [1.29, 1.82) is 0 Å². The van der Waals surface area contributed by atoms with Gasteiger partial charge in [-0.2, -0.15) is 0 Å². The van der Waals surface area contributed by atoms with Crippen molar-refractivity contribution in [1.82, 2.24) is 15.6 Å². The number of nitrogens with one attached hydrogen (secondary N) is 2. The third kappa shape index (κ3) is 3.53. The van der Waals surface area contributed by atoms with Crippen molar-refractivity contribution in [2.24, 2.45) is 5.73 Å². The Morgan fingerprint density at radius 1 is 1.43 bits per heavy atom. The summed E-state index contributed by atoms with van der Waals surface area (Å²) in [5.74, 6) is 0. The number of hydrogen-bond acceptors (Lipinski definition) is 3. The van der Waals surface area contributed by atoms with Crippen LogP contribution in [-0.2, 0) is 6.54 Å². The van der Waals surface area contributed by atoms with Crippen LogP contribution in [-0.4, -0.2) is 17.0 Å². The molecular formula is C8H10N4O2. The van der Waals surface area contributed by atoms with E-state index in [1.807, 2.05) is 5.32 Å². The number of pyridine rings is 1. The second kappa shape index (κ2) is 4.80. The highest BCUT2D eigenvalue weighted by Gasteiger charge is 2.02. The Morgan fingerprint density at radius 3 is 2.79 bits per heavy atom. The molecule has 0 atom stereocenters. The summed E-state index contributed by atoms with van der Waals surface area (Å²) in [6.45, 7) is 0.250. The van der Waals surface area contributed by atoms with Gasteiger partial charge in [0, 0.05) is 6.20 Å². The molecule has 0 unspecified atom stereocenters. The van der Waals surface area contributed by atoms with Gasteiger partial charge in [-0.25, -0.2) is 9.59 Å². The SMILES string of the molecule is NC(=O)NC(=O)NCc1ccccn1. The third-order valence-electron chi connectivity index (χ3n) is 1.39. The number of nitrogens with zero attached hydrogens (tertiary/aromatic N) is 1. The molecule has 4 N–H and O–H groups in total. The highest BCUT2D eigenvalue weighted by Crippen LogP contribution is 1.91. The number of aromatic nitrogens is 1. The number of imide groups is 1. The van der Waals surface area contributed by atoms with E-state index in [1.54, 1.807) is 24.4 Å². The first-order valence-corrected chi connectivity index (χ1v) is 3.92. The van der Waals surface area contributed by atoms with Crippen molar-refractivity contribution in [3.8, 4) is 0 Å². The lowest BCUT2D eigenvalue weighted by atomic mass is 10.3. The maximum absolute atomic E-state index is 10.9. The van der Waals surface area contributed by atoms with E-state index in [9.17, 15) is 9.59 Å². The van der Waals surface area contributed by atoms with Crippen molar-refractivity contribution in [2.45, 2.75) is 6.54 Å². The molecule has 74 valence electrons. The maximum Gasteiger partial charge on any atom is 0.323 e. The van der Waals surface area contributed by atoms with Crippen LogP contribution >= 0.6 is 0 Å². The first-order valence-electron chi connectivity index (χ1n) is 3.92. The van der Waals surface area contributed by atoms with E-state index in [2.05, 4.69) is 10.3 Å². The van der Waals surface area contributed by atoms with E-state index >= 15 is 0 Å². The molecule has 0 aliphatic rings. The van der Waals surface area contributed by atoms with Crippen molar-refractivity contribution < 1.29 is 9.59 Å². The van der Waals surface area contributed by atoms with Crippen LogP contribution in [0.2, 0.25) is 0 Å². The maximum atomic E-state index is 10.9. The highest BCUT2D eigenvalue weighted by atomic mass is 16.2. The Hall–Kier alpha value is -2.11. The Bertz CT molecular complexity index is 325. The monoisotopic (exact) mass is 194 g/mol. The summed E-state index contributed by atoms with van der Waals surface area (Å²) >= 11 is 0. The van der Waals surface area contributed by atoms with Crippen LogP contribution in [0.3, 0.4) is 0 Å². The van der Waals surface area contributed by atoms with Crippen LogP contribution in [0.25, 0.3) is 0 Å². The number of nitrogens with two attached hydrogens (primary N) is 1. The van der Waals surface area contributed by atoms with E-state index in [1.165, 1.54) is 0 Å². The molecule has 0 fully saturated rings. The first kappa shape index (κ1) is 9.97. The Kier molecular flexibility index (Phi) is 3.42. The molecule has 4 amide bonds. The van der Waals surface area contributed by atoms with Gasteiger partial charge in [0.25, 0.3) is 0 Å². The number of hydrogen-bond donors (Lipinski definition) is 3. The molecule has 1 heterocycles. The van der Waals surface area contributed by atoms with Gasteiger partial charge in [0.15, 0.2) is 0 Å². The fourth-order valence-electron chi connectivity index (χ4n) is 0.830. The summed E-state index contributed by atoms with van der Waals surface area (Å²) in [5.41, 5.74) is 5.44. The standard InChI is InChI=1S/C8H10N4O2/c9-7(13)12-8(14)11-5-6-3-1-2-4-10-6/h1-4H,5H2,(H4,9,11,12,13,14). The van der Waals surface area contributed by atoms with Gasteiger partial charge in [-0.15, -0.1) is 0 Å². The van der Waals surface area contributed by atoms with Crippen molar-refractivity contribution >= 4 is 12.1 Å². The van der Waals surface area contributed by atoms with Gasteiger partial charge in [-0.3, -0.25) is 10.3 Å². The molecule has 0 bridgehead atoms. The number of urea groups is 2. The topological polar surface area (TPSA) is 97.1 Å². The summed E-state index contributed by atoms with van der Waals surface area (Å²) in [5, 5.41) is 4.29. The minimum atomic E-state index is -0.886. The molecule has 0 aliphatic carbocycles. The van der Waals surface area contributed by atoms with Gasteiger partial charge < -0.3 is 11.1 Å². The predicted molar refractivity (Wildman–Crippen MR) is 49.2 cm³/mol. The smallest absolute Gasteiger partial charge is 0.323 e. The molecule has 0 saturated carbocycles. The van der Waals surface area contributed by atoms with Gasteiger partial charge in [0.1, 0.15) is 0 Å². The minimum absolute atomic E-state index is 0.250. The fourth-order valence-corrected chi connectivity index (χ4v) is 0.830. The van der Waals surface area contributed by atoms with Crippen LogP contribution in [0, 0.1) is 0 Å². The summed E-state index contributed by atoms with van der Waals surface area (Å²) in [6, 6.07) is 3.81. The molecule has 0 aliphatic heterocycles. The number of carbonyl (C=O) groups is 2. The molecule has 0 saturated heterocycles. The highest BCUT2D eigenvalue weighted by molar-refractivity contribution is 5.92. The van der Waals surface area contributed by atoms with E-state index in [-0.39, 0.29) is 6.54 Å². The quantitative estimate of drug-likeness (QED) is 0.616. The number of primary amides is 1. The minimum Gasteiger partial charge on any atom is -0.351 e. The Morgan fingerprint density at radius 2 is 2.21 bits per heavy atom. The normalized spacial score (nSPS) is 9.14. The molecule has 6 heteroatoms. The second-order valence-electron chi connectivity index (χ2n) is 2.49. The van der Waals surface area contributed by atoms with Crippen LogP contribution in [0.15, 0.2) is 24.4 Å². The largest absolute Gasteiger partial charge is 0.351 e. The molecular weight excluding hydrogens is 184 g/mol. The summed E-state index contributed by atoms with van der Waals surface area (Å²) in [6.07, 6.45) is 1.61. The van der Waals surface area contributed by atoms with Crippen molar-refractivity contribution in [2.75, 3.05) is 0 Å². The van der Waals surface area contributed by atoms with Gasteiger partial charge in [0.05, 0.1) is 12.2 Å². The van der Waals surface area contributed by atoms with Crippen LogP contribution < -0.4 is 16.4 Å². The van der Waals surface area contributed by atoms with E-state index in [0.717, 1.165) is 0 Å². The van der Waals surface area contributed by atoms with E-state index in [0.29, 0.717) is 5.69 Å². The molecule has 0 radical (unpaired) electrons. The molecule has 1 aromatic rings. The molecule has 1 rings (SSSR count). The zero-order valence-electron chi connectivity index (χ0n) is 7.36. The number of amides is 4. The first-order chi connectivity index (χ1) is 6.68. The van der Waals surface area contributed by atoms with Gasteiger partial charge >= 0.3 is 12.1 Å². The van der Waals surface area contributed by atoms with Gasteiger partial charge in [0.2, 0.25) is 0 Å². The zero-order valence-corrected chi connectivity index (χ0v) is 7.36. The molecule has 0 spiro atoms. The second-order valence-corrected chi connectivity index (χ2v) is 2.49. The van der Waals surface area contributed by atoms with Crippen molar-refractivity contribution in [3.05, 3.63) is 30.1 Å². The zero-order chi connectivity index (χ0) is 10.4. The average molecular weight is 194 g/mol. The van der Waals surface area contributed by atoms with Crippen LogP contribution in [0.5, 0.6) is 0 Å². The lowest BCUT2D eigenvalue weighted by molar-refractivity contribution is 0.231. The van der Waals surface area contributed by atoms with Gasteiger partial charge in [-0.05, 0) is 12.1 Å². The molecule has 0 aromatic carbocycles. The van der Waals surface area contributed by atoms with Gasteiger partial charge in [-0.1, -0.05) is 6.07 Å². The lowest BCUT2D eigenvalue weighted by Crippen LogP contribution is -2.41. The third-order valence-corrected chi connectivity index (χ3v) is 1.39. The summed E-state index contributed by atoms with van der Waals surface area (Å²) in [7, 11) is 0. The van der Waals surface area contributed by atoms with E-state index in [4.69, 9.17) is 5.73 Å². The van der Waals surface area contributed by atoms with Crippen molar-refractivity contribution in [3.63, 3.8) is 0 Å². The molecule has 1 aromatic heterocycles. The lowest BCUT2D eigenvalue weighted by Gasteiger charge is -2.03. The Labute approximate surface area is 80.5 Å².